The highest BCUT2D eigenvalue weighted by molar-refractivity contribution is 5.84. The molecular formula is C28H24F6N2O. The number of aromatic nitrogens is 1. The topological polar surface area (TPSA) is 42.0 Å². The average Bonchev–Trinajstić information content (AvgIpc) is 2.88. The normalized spacial score (nSPS) is 19.2. The summed E-state index contributed by atoms with van der Waals surface area (Å²) in [5.41, 5.74) is -1.32. The van der Waals surface area contributed by atoms with Crippen molar-refractivity contribution in [2.75, 3.05) is 0 Å². The highest BCUT2D eigenvalue weighted by atomic mass is 19.4. The number of pyridine rings is 1. The van der Waals surface area contributed by atoms with Gasteiger partial charge in [0.05, 0.1) is 22.6 Å². The molecule has 2 unspecified atom stereocenters. The summed E-state index contributed by atoms with van der Waals surface area (Å²) >= 11 is 0. The van der Waals surface area contributed by atoms with E-state index in [-0.39, 0.29) is 11.6 Å². The van der Waals surface area contributed by atoms with Crippen LogP contribution in [0.1, 0.15) is 59.9 Å². The molecule has 194 valence electrons. The second kappa shape index (κ2) is 10.0. The molecule has 0 spiro atoms. The summed E-state index contributed by atoms with van der Waals surface area (Å²) in [6, 6.07) is 14.2. The first-order valence-electron chi connectivity index (χ1n) is 11.7. The fourth-order valence-corrected chi connectivity index (χ4v) is 4.59. The number of halogens is 6. The lowest BCUT2D eigenvalue weighted by Crippen LogP contribution is -2.48. The number of amides is 1. The number of hydrogen-bond donors (Lipinski definition) is 1. The zero-order chi connectivity index (χ0) is 26.8. The van der Waals surface area contributed by atoms with Crippen molar-refractivity contribution in [2.24, 2.45) is 0 Å². The smallest absolute Gasteiger partial charge is 0.346 e. The van der Waals surface area contributed by atoms with Crippen molar-refractivity contribution in [1.29, 1.82) is 0 Å². The predicted octanol–water partition coefficient (Wildman–Crippen LogP) is 7.50. The fourth-order valence-electron chi connectivity index (χ4n) is 4.59. The molecule has 9 heteroatoms. The Bertz CT molecular complexity index is 1250. The van der Waals surface area contributed by atoms with Crippen molar-refractivity contribution in [3.63, 3.8) is 0 Å². The zero-order valence-corrected chi connectivity index (χ0v) is 19.8. The third-order valence-corrected chi connectivity index (χ3v) is 6.74. The van der Waals surface area contributed by atoms with Gasteiger partial charge in [-0.25, -0.2) is 0 Å². The third kappa shape index (κ3) is 5.87. The Balaban J connectivity index is 1.67. The Morgan fingerprint density at radius 3 is 2.11 bits per heavy atom. The van der Waals surface area contributed by atoms with Gasteiger partial charge < -0.3 is 5.32 Å². The maximum absolute atomic E-state index is 13.4. The van der Waals surface area contributed by atoms with E-state index >= 15 is 0 Å². The van der Waals surface area contributed by atoms with Crippen LogP contribution in [0, 0.1) is 0 Å². The molecule has 0 radical (unpaired) electrons. The second-order valence-corrected chi connectivity index (χ2v) is 9.17. The molecule has 0 aliphatic heterocycles. The molecule has 0 fully saturated rings. The molecule has 2 atom stereocenters. The van der Waals surface area contributed by atoms with Gasteiger partial charge in [-0.1, -0.05) is 42.5 Å². The van der Waals surface area contributed by atoms with Crippen LogP contribution in [0.3, 0.4) is 0 Å². The summed E-state index contributed by atoms with van der Waals surface area (Å²) in [5.74, 6) is -1.91. The number of rotatable bonds is 5. The molecule has 3 nitrogen and oxygen atoms in total. The van der Waals surface area contributed by atoms with Gasteiger partial charge in [-0.05, 0) is 72.7 Å². The van der Waals surface area contributed by atoms with Crippen molar-refractivity contribution in [2.45, 2.75) is 50.0 Å². The number of alkyl halides is 6. The van der Waals surface area contributed by atoms with E-state index in [0.717, 1.165) is 16.7 Å². The van der Waals surface area contributed by atoms with Gasteiger partial charge in [-0.2, -0.15) is 26.3 Å². The standard InChI is InChI=1S/C28H24F6N2O/c1-18(21-14-23(27(29,30)31)16-24(15-21)28(32,33)34)25(37)36-26(22-7-3-2-4-8-22)11-9-19(10-12-26)20-6-5-13-35-17-20/h2-9,13-18H,10-12H2,1H3,(H,36,37). The van der Waals surface area contributed by atoms with Crippen molar-refractivity contribution >= 4 is 11.5 Å². The number of carbonyl (C=O) groups is 1. The minimum Gasteiger partial charge on any atom is -0.346 e. The van der Waals surface area contributed by atoms with Crippen LogP contribution in [0.15, 0.2) is 79.1 Å². The SMILES string of the molecule is CC(C(=O)NC1(c2ccccc2)CC=C(c2cccnc2)CC1)c1cc(C(F)(F)F)cc(C(F)(F)F)c1. The number of carbonyl (C=O) groups excluding carboxylic acids is 1. The largest absolute Gasteiger partial charge is 0.416 e. The first-order valence-corrected chi connectivity index (χ1v) is 11.7. The molecule has 1 aromatic heterocycles. The van der Waals surface area contributed by atoms with Crippen molar-refractivity contribution in [3.05, 3.63) is 107 Å². The monoisotopic (exact) mass is 518 g/mol. The number of nitrogens with zero attached hydrogens (tertiary/aromatic N) is 1. The highest BCUT2D eigenvalue weighted by Gasteiger charge is 2.40. The van der Waals surface area contributed by atoms with Crippen LogP contribution in [0.4, 0.5) is 26.3 Å². The molecule has 1 N–H and O–H groups in total. The van der Waals surface area contributed by atoms with Crippen LogP contribution in [-0.4, -0.2) is 10.9 Å². The number of nitrogens with one attached hydrogen (secondary N) is 1. The lowest BCUT2D eigenvalue weighted by atomic mass is 9.76. The molecular weight excluding hydrogens is 494 g/mol. The molecule has 1 amide bonds. The van der Waals surface area contributed by atoms with E-state index in [1.165, 1.54) is 6.92 Å². The van der Waals surface area contributed by atoms with Gasteiger partial charge in [-0.15, -0.1) is 0 Å². The molecule has 4 rings (SSSR count). The third-order valence-electron chi connectivity index (χ3n) is 6.74. The predicted molar refractivity (Wildman–Crippen MR) is 127 cm³/mol. The maximum atomic E-state index is 13.4. The van der Waals surface area contributed by atoms with Crippen LogP contribution >= 0.6 is 0 Å². The Morgan fingerprint density at radius 2 is 1.59 bits per heavy atom. The Morgan fingerprint density at radius 1 is 0.946 bits per heavy atom. The fraction of sp³-hybridized carbons (Fsp3) is 0.286. The zero-order valence-electron chi connectivity index (χ0n) is 19.8. The molecule has 1 heterocycles. The summed E-state index contributed by atoms with van der Waals surface area (Å²) in [5, 5.41) is 2.97. The minimum atomic E-state index is -4.99. The van der Waals surface area contributed by atoms with E-state index in [4.69, 9.17) is 0 Å². The van der Waals surface area contributed by atoms with E-state index in [1.54, 1.807) is 12.4 Å². The molecule has 3 aromatic rings. The number of hydrogen-bond acceptors (Lipinski definition) is 2. The first-order chi connectivity index (χ1) is 17.4. The van der Waals surface area contributed by atoms with Crippen LogP contribution in [0.25, 0.3) is 5.57 Å². The Labute approximate surface area is 210 Å². The maximum Gasteiger partial charge on any atom is 0.416 e. The van der Waals surface area contributed by atoms with Crippen molar-refractivity contribution in [1.82, 2.24) is 10.3 Å². The minimum absolute atomic E-state index is 0.0610. The van der Waals surface area contributed by atoms with Gasteiger partial charge in [0.15, 0.2) is 0 Å². The first kappa shape index (κ1) is 26.4. The summed E-state index contributed by atoms with van der Waals surface area (Å²) in [7, 11) is 0. The average molecular weight is 519 g/mol. The van der Waals surface area contributed by atoms with Crippen molar-refractivity contribution in [3.8, 4) is 0 Å². The van der Waals surface area contributed by atoms with Gasteiger partial charge in [0, 0.05) is 12.4 Å². The highest BCUT2D eigenvalue weighted by Crippen LogP contribution is 2.41. The van der Waals surface area contributed by atoms with E-state index in [1.807, 2.05) is 48.5 Å². The molecule has 0 saturated heterocycles. The van der Waals surface area contributed by atoms with Gasteiger partial charge >= 0.3 is 12.4 Å². The van der Waals surface area contributed by atoms with Gasteiger partial charge in [0.2, 0.25) is 5.91 Å². The second-order valence-electron chi connectivity index (χ2n) is 9.17. The van der Waals surface area contributed by atoms with Crippen LogP contribution in [-0.2, 0) is 22.7 Å². The van der Waals surface area contributed by atoms with Crippen molar-refractivity contribution < 1.29 is 31.1 Å². The lowest BCUT2D eigenvalue weighted by molar-refractivity contribution is -0.143. The summed E-state index contributed by atoms with van der Waals surface area (Å²) in [4.78, 5) is 17.5. The molecule has 0 saturated carbocycles. The molecule has 0 bridgehead atoms. The quantitative estimate of drug-likeness (QED) is 0.356. The molecule has 2 aromatic carbocycles. The van der Waals surface area contributed by atoms with E-state index in [9.17, 15) is 31.1 Å². The summed E-state index contributed by atoms with van der Waals surface area (Å²) < 4.78 is 80.1. The molecule has 37 heavy (non-hydrogen) atoms. The molecule has 1 aliphatic rings. The van der Waals surface area contributed by atoms with Crippen LogP contribution in [0.5, 0.6) is 0 Å². The van der Waals surface area contributed by atoms with Gasteiger partial charge in [0.25, 0.3) is 0 Å². The Hall–Kier alpha value is -3.62. The lowest BCUT2D eigenvalue weighted by Gasteiger charge is -2.39. The Kier molecular flexibility index (Phi) is 7.17. The van der Waals surface area contributed by atoms with Gasteiger partial charge in [0.1, 0.15) is 0 Å². The summed E-state index contributed by atoms with van der Waals surface area (Å²) in [6.07, 6.45) is -3.10. The van der Waals surface area contributed by atoms with Crippen LogP contribution < -0.4 is 5.32 Å². The van der Waals surface area contributed by atoms with E-state index in [0.29, 0.717) is 31.4 Å². The number of allylic oxidation sites excluding steroid dienone is 1. The van der Waals surface area contributed by atoms with Crippen LogP contribution in [0.2, 0.25) is 0 Å². The van der Waals surface area contributed by atoms with Gasteiger partial charge in [-0.3, -0.25) is 9.78 Å². The number of benzene rings is 2. The summed E-state index contributed by atoms with van der Waals surface area (Å²) in [6.45, 7) is 1.31. The van der Waals surface area contributed by atoms with E-state index in [2.05, 4.69) is 10.3 Å². The molecule has 1 aliphatic carbocycles. The van der Waals surface area contributed by atoms with E-state index < -0.39 is 40.8 Å².